The number of hydrogen-bond acceptors (Lipinski definition) is 4. The molecular weight excluding hydrogens is 257 g/mol. The molecule has 20 heavy (non-hydrogen) atoms. The SMILES string of the molecule is CNc1cc(Oc2cc(C)ccc2F)nc(C(C)C)n1. The van der Waals surface area contributed by atoms with Crippen LogP contribution in [-0.2, 0) is 0 Å². The van der Waals surface area contributed by atoms with Crippen LogP contribution in [0.15, 0.2) is 24.3 Å². The molecule has 0 radical (unpaired) electrons. The normalized spacial score (nSPS) is 10.7. The van der Waals surface area contributed by atoms with Gasteiger partial charge in [0.25, 0.3) is 0 Å². The third-order valence-electron chi connectivity index (χ3n) is 2.79. The van der Waals surface area contributed by atoms with E-state index >= 15 is 0 Å². The second-order valence-corrected chi connectivity index (χ2v) is 4.89. The predicted octanol–water partition coefficient (Wildman–Crippen LogP) is 3.88. The summed E-state index contributed by atoms with van der Waals surface area (Å²) in [6.45, 7) is 5.86. The van der Waals surface area contributed by atoms with Gasteiger partial charge in [0.05, 0.1) is 0 Å². The van der Waals surface area contributed by atoms with E-state index in [1.54, 1.807) is 25.2 Å². The molecule has 5 heteroatoms. The molecule has 2 aromatic rings. The highest BCUT2D eigenvalue weighted by molar-refractivity contribution is 5.40. The Kier molecular flexibility index (Phi) is 4.17. The number of aryl methyl sites for hydroxylation is 1. The first-order valence-corrected chi connectivity index (χ1v) is 6.50. The van der Waals surface area contributed by atoms with Crippen LogP contribution in [0.5, 0.6) is 11.6 Å². The van der Waals surface area contributed by atoms with Crippen molar-refractivity contribution in [2.45, 2.75) is 26.7 Å². The van der Waals surface area contributed by atoms with Crippen molar-refractivity contribution in [3.05, 3.63) is 41.5 Å². The maximum atomic E-state index is 13.7. The van der Waals surface area contributed by atoms with E-state index in [1.807, 2.05) is 20.8 Å². The topological polar surface area (TPSA) is 47.0 Å². The second kappa shape index (κ2) is 5.86. The minimum Gasteiger partial charge on any atom is -0.436 e. The van der Waals surface area contributed by atoms with Crippen LogP contribution in [0.2, 0.25) is 0 Å². The highest BCUT2D eigenvalue weighted by Gasteiger charge is 2.11. The van der Waals surface area contributed by atoms with Gasteiger partial charge in [0, 0.05) is 19.0 Å². The van der Waals surface area contributed by atoms with Gasteiger partial charge in [-0.2, -0.15) is 4.98 Å². The fourth-order valence-electron chi connectivity index (χ4n) is 1.68. The molecule has 4 nitrogen and oxygen atoms in total. The lowest BCUT2D eigenvalue weighted by Gasteiger charge is -2.11. The summed E-state index contributed by atoms with van der Waals surface area (Å²) in [5, 5.41) is 2.95. The van der Waals surface area contributed by atoms with E-state index in [-0.39, 0.29) is 11.7 Å². The molecule has 1 aromatic carbocycles. The average Bonchev–Trinajstić information content (AvgIpc) is 2.42. The van der Waals surface area contributed by atoms with Crippen molar-refractivity contribution in [3.63, 3.8) is 0 Å². The van der Waals surface area contributed by atoms with Crippen LogP contribution in [0.1, 0.15) is 31.2 Å². The van der Waals surface area contributed by atoms with Gasteiger partial charge >= 0.3 is 0 Å². The van der Waals surface area contributed by atoms with Crippen LogP contribution in [0.4, 0.5) is 10.2 Å². The highest BCUT2D eigenvalue weighted by atomic mass is 19.1. The first-order valence-electron chi connectivity index (χ1n) is 6.50. The maximum Gasteiger partial charge on any atom is 0.224 e. The van der Waals surface area contributed by atoms with Crippen LogP contribution in [-0.4, -0.2) is 17.0 Å². The minimum atomic E-state index is -0.411. The zero-order valence-corrected chi connectivity index (χ0v) is 12.1. The van der Waals surface area contributed by atoms with Crippen molar-refractivity contribution in [2.75, 3.05) is 12.4 Å². The number of benzene rings is 1. The summed E-state index contributed by atoms with van der Waals surface area (Å²) in [5.74, 6) is 1.55. The summed E-state index contributed by atoms with van der Waals surface area (Å²) in [5.41, 5.74) is 0.924. The Balaban J connectivity index is 2.37. The van der Waals surface area contributed by atoms with Crippen LogP contribution < -0.4 is 10.1 Å². The van der Waals surface area contributed by atoms with Crippen molar-refractivity contribution in [1.29, 1.82) is 0 Å². The number of nitrogens with one attached hydrogen (secondary N) is 1. The van der Waals surface area contributed by atoms with Crippen molar-refractivity contribution >= 4 is 5.82 Å². The van der Waals surface area contributed by atoms with E-state index in [1.165, 1.54) is 6.07 Å². The van der Waals surface area contributed by atoms with Crippen molar-refractivity contribution < 1.29 is 9.13 Å². The van der Waals surface area contributed by atoms with Crippen molar-refractivity contribution in [1.82, 2.24) is 9.97 Å². The average molecular weight is 275 g/mol. The molecule has 0 saturated carbocycles. The number of nitrogens with zero attached hydrogens (tertiary/aromatic N) is 2. The Morgan fingerprint density at radius 1 is 1.20 bits per heavy atom. The molecule has 106 valence electrons. The number of hydrogen-bond donors (Lipinski definition) is 1. The Morgan fingerprint density at radius 2 is 1.95 bits per heavy atom. The minimum absolute atomic E-state index is 0.160. The Labute approximate surface area is 118 Å². The quantitative estimate of drug-likeness (QED) is 0.919. The standard InChI is InChI=1S/C15H18FN3O/c1-9(2)15-18-13(17-4)8-14(19-15)20-12-7-10(3)5-6-11(12)16/h5-9H,1-4H3,(H,17,18,19). The number of halogens is 1. The van der Waals surface area contributed by atoms with Crippen LogP contribution in [0.3, 0.4) is 0 Å². The Bertz CT molecular complexity index is 614. The molecule has 0 spiro atoms. The molecule has 0 bridgehead atoms. The van der Waals surface area contributed by atoms with Gasteiger partial charge < -0.3 is 10.1 Å². The van der Waals surface area contributed by atoms with Crippen LogP contribution in [0.25, 0.3) is 0 Å². The van der Waals surface area contributed by atoms with E-state index in [4.69, 9.17) is 4.74 Å². The summed E-state index contributed by atoms with van der Waals surface area (Å²) in [7, 11) is 1.77. The van der Waals surface area contributed by atoms with E-state index in [0.717, 1.165) is 5.56 Å². The molecule has 1 heterocycles. The lowest BCUT2D eigenvalue weighted by Crippen LogP contribution is -2.03. The first kappa shape index (κ1) is 14.2. The lowest BCUT2D eigenvalue weighted by atomic mass is 10.2. The third-order valence-corrected chi connectivity index (χ3v) is 2.79. The van der Waals surface area contributed by atoms with Gasteiger partial charge in [0.2, 0.25) is 5.88 Å². The first-order chi connectivity index (χ1) is 9.49. The fraction of sp³-hybridized carbons (Fsp3) is 0.333. The zero-order chi connectivity index (χ0) is 14.7. The number of ether oxygens (including phenoxy) is 1. The summed E-state index contributed by atoms with van der Waals surface area (Å²) in [4.78, 5) is 8.64. The fourth-order valence-corrected chi connectivity index (χ4v) is 1.68. The third kappa shape index (κ3) is 3.23. The van der Waals surface area contributed by atoms with Gasteiger partial charge in [0.15, 0.2) is 11.6 Å². The molecule has 0 aliphatic heterocycles. The molecule has 0 atom stereocenters. The Morgan fingerprint density at radius 3 is 2.60 bits per heavy atom. The summed E-state index contributed by atoms with van der Waals surface area (Å²) < 4.78 is 19.3. The van der Waals surface area contributed by atoms with E-state index in [9.17, 15) is 4.39 Å². The molecule has 0 unspecified atom stereocenters. The molecule has 0 fully saturated rings. The lowest BCUT2D eigenvalue weighted by molar-refractivity contribution is 0.423. The molecule has 1 aromatic heterocycles. The molecular formula is C15H18FN3O. The molecule has 0 saturated heterocycles. The molecule has 2 rings (SSSR count). The molecule has 0 aliphatic rings. The van der Waals surface area contributed by atoms with Gasteiger partial charge in [-0.05, 0) is 24.6 Å². The number of aromatic nitrogens is 2. The second-order valence-electron chi connectivity index (χ2n) is 4.89. The monoisotopic (exact) mass is 275 g/mol. The van der Waals surface area contributed by atoms with Gasteiger partial charge in [-0.15, -0.1) is 0 Å². The molecule has 0 aliphatic carbocycles. The number of rotatable bonds is 4. The number of anilines is 1. The van der Waals surface area contributed by atoms with Gasteiger partial charge in [-0.25, -0.2) is 9.37 Å². The largest absolute Gasteiger partial charge is 0.436 e. The van der Waals surface area contributed by atoms with Crippen molar-refractivity contribution in [3.8, 4) is 11.6 Å². The van der Waals surface area contributed by atoms with Crippen molar-refractivity contribution in [2.24, 2.45) is 0 Å². The van der Waals surface area contributed by atoms with Crippen LogP contribution in [0, 0.1) is 12.7 Å². The summed E-state index contributed by atoms with van der Waals surface area (Å²) in [6, 6.07) is 6.37. The smallest absolute Gasteiger partial charge is 0.224 e. The maximum absolute atomic E-state index is 13.7. The zero-order valence-electron chi connectivity index (χ0n) is 12.1. The van der Waals surface area contributed by atoms with Crippen LogP contribution >= 0.6 is 0 Å². The highest BCUT2D eigenvalue weighted by Crippen LogP contribution is 2.26. The van der Waals surface area contributed by atoms with E-state index in [2.05, 4.69) is 15.3 Å². The molecule has 0 amide bonds. The summed E-state index contributed by atoms with van der Waals surface area (Å²) in [6.07, 6.45) is 0. The predicted molar refractivity (Wildman–Crippen MR) is 76.9 cm³/mol. The van der Waals surface area contributed by atoms with Gasteiger partial charge in [-0.3, -0.25) is 0 Å². The van der Waals surface area contributed by atoms with Gasteiger partial charge in [-0.1, -0.05) is 19.9 Å². The van der Waals surface area contributed by atoms with E-state index < -0.39 is 5.82 Å². The van der Waals surface area contributed by atoms with Gasteiger partial charge in [0.1, 0.15) is 11.6 Å². The van der Waals surface area contributed by atoms with E-state index in [0.29, 0.717) is 17.5 Å². The Hall–Kier alpha value is -2.17. The molecule has 1 N–H and O–H groups in total. The summed E-state index contributed by atoms with van der Waals surface area (Å²) >= 11 is 0.